The Kier molecular flexibility index (Phi) is 5.13. The number of nitrogens with one attached hydrogen (secondary N) is 1. The van der Waals surface area contributed by atoms with Crippen LogP contribution in [0, 0.1) is 0 Å². The van der Waals surface area contributed by atoms with Crippen LogP contribution >= 0.6 is 11.3 Å². The van der Waals surface area contributed by atoms with Gasteiger partial charge in [-0.05, 0) is 32.1 Å². The van der Waals surface area contributed by atoms with Crippen LogP contribution in [0.2, 0.25) is 0 Å². The molecule has 0 aromatic carbocycles. The van der Waals surface area contributed by atoms with Crippen molar-refractivity contribution in [3.63, 3.8) is 0 Å². The number of aliphatic hydroxyl groups is 1. The van der Waals surface area contributed by atoms with Gasteiger partial charge >= 0.3 is 6.09 Å². The molecule has 0 spiro atoms. The number of aromatic nitrogens is 1. The lowest BCUT2D eigenvalue weighted by molar-refractivity contribution is -0.0195. The smallest absolute Gasteiger partial charge is 0.404 e. The molecule has 0 unspecified atom stereocenters. The van der Waals surface area contributed by atoms with Crippen LogP contribution in [-0.2, 0) is 5.60 Å². The van der Waals surface area contributed by atoms with E-state index >= 15 is 0 Å². The van der Waals surface area contributed by atoms with E-state index in [1.54, 1.807) is 11.3 Å². The summed E-state index contributed by atoms with van der Waals surface area (Å²) >= 11 is 1.64. The second-order valence-corrected chi connectivity index (χ2v) is 8.47. The molecule has 1 aliphatic carbocycles. The van der Waals surface area contributed by atoms with Gasteiger partial charge in [0, 0.05) is 37.3 Å². The first-order valence-corrected chi connectivity index (χ1v) is 9.61. The van der Waals surface area contributed by atoms with E-state index in [0.29, 0.717) is 12.0 Å². The van der Waals surface area contributed by atoms with Crippen molar-refractivity contribution in [1.82, 2.24) is 15.2 Å². The molecule has 2 fully saturated rings. The first kappa shape index (κ1) is 17.6. The van der Waals surface area contributed by atoms with Gasteiger partial charge in [-0.25, -0.2) is 9.78 Å². The van der Waals surface area contributed by atoms with E-state index in [2.05, 4.69) is 29.0 Å². The molecule has 134 valence electrons. The zero-order chi connectivity index (χ0) is 17.3. The molecular formula is C17H27N3O3S. The molecule has 7 heteroatoms. The van der Waals surface area contributed by atoms with Gasteiger partial charge in [0.2, 0.25) is 0 Å². The summed E-state index contributed by atoms with van der Waals surface area (Å²) in [4.78, 5) is 18.6. The van der Waals surface area contributed by atoms with Crippen LogP contribution in [-0.4, -0.2) is 51.4 Å². The molecule has 3 rings (SSSR count). The summed E-state index contributed by atoms with van der Waals surface area (Å²) in [5.74, 6) is 0.395. The fourth-order valence-electron chi connectivity index (χ4n) is 3.87. The fourth-order valence-corrected chi connectivity index (χ4v) is 4.94. The second-order valence-electron chi connectivity index (χ2n) is 7.41. The third kappa shape index (κ3) is 3.73. The van der Waals surface area contributed by atoms with Gasteiger partial charge in [0.25, 0.3) is 0 Å². The van der Waals surface area contributed by atoms with Crippen LogP contribution in [0.1, 0.15) is 61.8 Å². The molecule has 1 aliphatic heterocycles. The second kappa shape index (κ2) is 6.98. The third-order valence-electron chi connectivity index (χ3n) is 5.32. The minimum Gasteiger partial charge on any atom is -0.465 e. The number of likely N-dealkylation sites (tertiary alicyclic amines) is 1. The third-order valence-corrected chi connectivity index (χ3v) is 6.81. The molecule has 0 radical (unpaired) electrons. The predicted octanol–water partition coefficient (Wildman–Crippen LogP) is 2.74. The molecule has 1 amide bonds. The molecule has 1 atom stereocenters. The molecule has 3 N–H and O–H groups in total. The number of amides is 1. The number of hydrogen-bond donors (Lipinski definition) is 3. The maximum atomic E-state index is 11.0. The van der Waals surface area contributed by atoms with Gasteiger partial charge in [0.05, 0.1) is 9.88 Å². The Labute approximate surface area is 146 Å². The summed E-state index contributed by atoms with van der Waals surface area (Å²) in [6.45, 7) is 5.97. The lowest BCUT2D eigenvalue weighted by Gasteiger charge is -2.39. The van der Waals surface area contributed by atoms with Gasteiger partial charge < -0.3 is 15.5 Å². The summed E-state index contributed by atoms with van der Waals surface area (Å²) in [5, 5.41) is 23.5. The Hall–Kier alpha value is -1.18. The SMILES string of the molecule is CC(C)c1ncc(C2(O)CCC(N3CC[C@@H](NC(=O)O)C3)CC2)s1. The normalized spacial score (nSPS) is 31.5. The number of carbonyl (C=O) groups is 1. The van der Waals surface area contributed by atoms with Crippen molar-refractivity contribution in [2.45, 2.75) is 69.6 Å². The van der Waals surface area contributed by atoms with E-state index in [1.165, 1.54) is 0 Å². The molecule has 1 saturated carbocycles. The first-order chi connectivity index (χ1) is 11.4. The quantitative estimate of drug-likeness (QED) is 0.775. The largest absolute Gasteiger partial charge is 0.465 e. The predicted molar refractivity (Wildman–Crippen MR) is 93.5 cm³/mol. The average molecular weight is 353 g/mol. The Morgan fingerprint density at radius 2 is 2.12 bits per heavy atom. The lowest BCUT2D eigenvalue weighted by Crippen LogP contribution is -2.43. The van der Waals surface area contributed by atoms with Gasteiger partial charge in [-0.3, -0.25) is 4.90 Å². The van der Waals surface area contributed by atoms with Crippen molar-refractivity contribution in [2.75, 3.05) is 13.1 Å². The van der Waals surface area contributed by atoms with Crippen molar-refractivity contribution in [1.29, 1.82) is 0 Å². The lowest BCUT2D eigenvalue weighted by atomic mass is 9.81. The molecule has 2 aliphatic rings. The maximum Gasteiger partial charge on any atom is 0.404 e. The van der Waals surface area contributed by atoms with E-state index in [-0.39, 0.29) is 6.04 Å². The van der Waals surface area contributed by atoms with Gasteiger partial charge in [0.1, 0.15) is 5.60 Å². The standard InChI is InChI=1S/C17H27N3O3S/c1-11(2)15-18-9-14(24-15)17(23)6-3-13(4-7-17)20-8-5-12(10-20)19-16(21)22/h9,11-13,19,23H,3-8,10H2,1-2H3,(H,21,22)/t12-,13?,17?/m1/s1. The Balaban J connectivity index is 1.56. The zero-order valence-corrected chi connectivity index (χ0v) is 15.2. The maximum absolute atomic E-state index is 11.0. The molecule has 24 heavy (non-hydrogen) atoms. The number of carboxylic acid groups (broad SMARTS) is 1. The number of rotatable bonds is 4. The van der Waals surface area contributed by atoms with Gasteiger partial charge in [-0.2, -0.15) is 0 Å². The summed E-state index contributed by atoms with van der Waals surface area (Å²) in [6.07, 6.45) is 5.19. The summed E-state index contributed by atoms with van der Waals surface area (Å²) in [5.41, 5.74) is -0.736. The van der Waals surface area contributed by atoms with E-state index < -0.39 is 11.7 Å². The summed E-state index contributed by atoms with van der Waals surface area (Å²) < 4.78 is 0. The highest BCUT2D eigenvalue weighted by atomic mass is 32.1. The molecule has 1 aromatic rings. The molecule has 2 heterocycles. The highest BCUT2D eigenvalue weighted by Crippen LogP contribution is 2.42. The highest BCUT2D eigenvalue weighted by molar-refractivity contribution is 7.11. The van der Waals surface area contributed by atoms with Crippen LogP contribution in [0.5, 0.6) is 0 Å². The van der Waals surface area contributed by atoms with Crippen LogP contribution < -0.4 is 5.32 Å². The van der Waals surface area contributed by atoms with Gasteiger partial charge in [-0.1, -0.05) is 13.8 Å². The van der Waals surface area contributed by atoms with Crippen molar-refractivity contribution in [3.05, 3.63) is 16.1 Å². The fraction of sp³-hybridized carbons (Fsp3) is 0.765. The highest BCUT2D eigenvalue weighted by Gasteiger charge is 2.39. The number of hydrogen-bond acceptors (Lipinski definition) is 5. The first-order valence-electron chi connectivity index (χ1n) is 8.79. The number of nitrogens with zero attached hydrogens (tertiary/aromatic N) is 2. The van der Waals surface area contributed by atoms with Gasteiger partial charge in [0.15, 0.2) is 0 Å². The molecule has 1 saturated heterocycles. The van der Waals surface area contributed by atoms with E-state index in [0.717, 1.165) is 55.1 Å². The molecule has 1 aromatic heterocycles. The molecule has 0 bridgehead atoms. The number of thiazole rings is 1. The Morgan fingerprint density at radius 1 is 1.42 bits per heavy atom. The van der Waals surface area contributed by atoms with Crippen LogP contribution in [0.25, 0.3) is 0 Å². The zero-order valence-electron chi connectivity index (χ0n) is 14.4. The topological polar surface area (TPSA) is 85.7 Å². The summed E-state index contributed by atoms with van der Waals surface area (Å²) in [7, 11) is 0. The Morgan fingerprint density at radius 3 is 2.71 bits per heavy atom. The van der Waals surface area contributed by atoms with Crippen LogP contribution in [0.3, 0.4) is 0 Å². The van der Waals surface area contributed by atoms with Crippen molar-refractivity contribution < 1.29 is 15.0 Å². The monoisotopic (exact) mass is 353 g/mol. The minimum atomic E-state index is -0.939. The molecule has 6 nitrogen and oxygen atoms in total. The van der Waals surface area contributed by atoms with Crippen molar-refractivity contribution in [3.8, 4) is 0 Å². The van der Waals surface area contributed by atoms with Crippen LogP contribution in [0.15, 0.2) is 6.20 Å². The minimum absolute atomic E-state index is 0.0402. The summed E-state index contributed by atoms with van der Waals surface area (Å²) in [6, 6.07) is 0.488. The van der Waals surface area contributed by atoms with Crippen molar-refractivity contribution >= 4 is 17.4 Å². The van der Waals surface area contributed by atoms with Crippen molar-refractivity contribution in [2.24, 2.45) is 0 Å². The van der Waals surface area contributed by atoms with E-state index in [4.69, 9.17) is 5.11 Å². The Bertz CT molecular complexity index is 581. The van der Waals surface area contributed by atoms with E-state index in [9.17, 15) is 9.90 Å². The molecular weight excluding hydrogens is 326 g/mol. The van der Waals surface area contributed by atoms with E-state index in [1.807, 2.05) is 6.20 Å². The average Bonchev–Trinajstić information content (AvgIpc) is 3.17. The van der Waals surface area contributed by atoms with Gasteiger partial charge in [-0.15, -0.1) is 11.3 Å². The van der Waals surface area contributed by atoms with Crippen LogP contribution in [0.4, 0.5) is 4.79 Å².